The molecule has 0 aromatic rings. The minimum atomic E-state index is -2.01. The van der Waals surface area contributed by atoms with E-state index in [0.29, 0.717) is 11.8 Å². The summed E-state index contributed by atoms with van der Waals surface area (Å²) in [6.45, 7) is 24.3. The molecule has 0 aliphatic heterocycles. The molecule has 26 heavy (non-hydrogen) atoms. The van der Waals surface area contributed by atoms with E-state index >= 15 is 0 Å². The molecule has 0 saturated heterocycles. The first-order valence-corrected chi connectivity index (χ1v) is 13.1. The third-order valence-electron chi connectivity index (χ3n) is 8.11. The highest BCUT2D eigenvalue weighted by Gasteiger charge is 2.71. The number of hydrogen-bond acceptors (Lipinski definition) is 2. The third-order valence-corrected chi connectivity index (χ3v) is 12.6. The van der Waals surface area contributed by atoms with Gasteiger partial charge in [-0.3, -0.25) is 0 Å². The number of terminal acetylenes is 1. The number of hydrogen-bond donors (Lipinski definition) is 1. The second-order valence-electron chi connectivity index (χ2n) is 11.0. The molecular weight excluding hydrogens is 336 g/mol. The van der Waals surface area contributed by atoms with E-state index in [1.165, 1.54) is 0 Å². The van der Waals surface area contributed by atoms with Crippen LogP contribution in [0.1, 0.15) is 54.9 Å². The zero-order chi connectivity index (χ0) is 20.3. The summed E-state index contributed by atoms with van der Waals surface area (Å²) >= 11 is 0. The predicted molar refractivity (Wildman–Crippen MR) is 113 cm³/mol. The molecule has 0 bridgehead atoms. The Kier molecular flexibility index (Phi) is 5.43. The standard InChI is InChI=1S/C23H40O2Si/c1-12-15(3)20(25-26(10,11)21(5,6)7)19-18-17(22(18,8)9)14-16(4)23(19,24)13-2/h2,12,15-20,24H,1,14H2,3-11H3/t15-,16-,17-,18?,19?,20-,23-/m1/s1. The van der Waals surface area contributed by atoms with Crippen LogP contribution in [0.5, 0.6) is 0 Å². The first-order valence-electron chi connectivity index (χ1n) is 10.2. The maximum absolute atomic E-state index is 11.6. The molecule has 3 heteroatoms. The van der Waals surface area contributed by atoms with Crippen molar-refractivity contribution in [1.29, 1.82) is 0 Å². The van der Waals surface area contributed by atoms with E-state index in [1.807, 2.05) is 6.08 Å². The van der Waals surface area contributed by atoms with E-state index in [2.05, 4.69) is 74.1 Å². The van der Waals surface area contributed by atoms with Crippen molar-refractivity contribution in [2.24, 2.45) is 35.0 Å². The molecule has 2 unspecified atom stereocenters. The Hall–Kier alpha value is -0.563. The molecule has 0 heterocycles. The summed E-state index contributed by atoms with van der Waals surface area (Å²) in [5.74, 6) is 4.05. The fourth-order valence-electron chi connectivity index (χ4n) is 4.96. The Morgan fingerprint density at radius 2 is 1.88 bits per heavy atom. The molecule has 2 nitrogen and oxygen atoms in total. The lowest BCUT2D eigenvalue weighted by molar-refractivity contribution is -0.0994. The van der Waals surface area contributed by atoms with Gasteiger partial charge in [0.1, 0.15) is 5.60 Å². The molecule has 0 amide bonds. The van der Waals surface area contributed by atoms with Crippen LogP contribution in [0.15, 0.2) is 12.7 Å². The number of aliphatic hydroxyl groups is 1. The van der Waals surface area contributed by atoms with Gasteiger partial charge < -0.3 is 9.53 Å². The van der Waals surface area contributed by atoms with Gasteiger partial charge in [0, 0.05) is 5.92 Å². The minimum Gasteiger partial charge on any atom is -0.413 e. The maximum Gasteiger partial charge on any atom is 0.192 e. The Morgan fingerprint density at radius 1 is 1.35 bits per heavy atom. The van der Waals surface area contributed by atoms with Gasteiger partial charge in [0.25, 0.3) is 0 Å². The van der Waals surface area contributed by atoms with Gasteiger partial charge >= 0.3 is 0 Å². The van der Waals surface area contributed by atoms with Gasteiger partial charge in [-0.05, 0) is 53.6 Å². The summed E-state index contributed by atoms with van der Waals surface area (Å²) in [6, 6.07) is 0. The largest absolute Gasteiger partial charge is 0.413 e. The molecule has 2 aliphatic carbocycles. The molecule has 2 fully saturated rings. The first-order chi connectivity index (χ1) is 11.6. The number of rotatable bonds is 5. The van der Waals surface area contributed by atoms with Gasteiger partial charge in [-0.15, -0.1) is 13.0 Å². The van der Waals surface area contributed by atoms with Crippen LogP contribution in [0, 0.1) is 47.3 Å². The Morgan fingerprint density at radius 3 is 2.31 bits per heavy atom. The molecule has 148 valence electrons. The van der Waals surface area contributed by atoms with E-state index < -0.39 is 13.9 Å². The average Bonchev–Trinajstić information content (AvgIpc) is 3.04. The second kappa shape index (κ2) is 6.50. The molecule has 0 radical (unpaired) electrons. The topological polar surface area (TPSA) is 29.5 Å². The summed E-state index contributed by atoms with van der Waals surface area (Å²) in [4.78, 5) is 0. The fraction of sp³-hybridized carbons (Fsp3) is 0.826. The van der Waals surface area contributed by atoms with Crippen LogP contribution in [0.3, 0.4) is 0 Å². The van der Waals surface area contributed by atoms with Crippen molar-refractivity contribution in [3.63, 3.8) is 0 Å². The first kappa shape index (κ1) is 21.7. The van der Waals surface area contributed by atoms with Crippen LogP contribution < -0.4 is 0 Å². The van der Waals surface area contributed by atoms with Crippen molar-refractivity contribution in [1.82, 2.24) is 0 Å². The lowest BCUT2D eigenvalue weighted by Gasteiger charge is -2.49. The summed E-state index contributed by atoms with van der Waals surface area (Å²) in [5.41, 5.74) is -0.893. The highest BCUT2D eigenvalue weighted by Crippen LogP contribution is 2.71. The Balaban J connectivity index is 2.51. The smallest absolute Gasteiger partial charge is 0.192 e. The van der Waals surface area contributed by atoms with Crippen LogP contribution in [-0.2, 0) is 4.43 Å². The molecule has 0 spiro atoms. The van der Waals surface area contributed by atoms with Gasteiger partial charge in [0.15, 0.2) is 8.32 Å². The zero-order valence-corrected chi connectivity index (χ0v) is 19.4. The Bertz CT molecular complexity index is 594. The monoisotopic (exact) mass is 376 g/mol. The van der Waals surface area contributed by atoms with Crippen molar-refractivity contribution in [3.8, 4) is 12.3 Å². The van der Waals surface area contributed by atoms with Gasteiger partial charge in [-0.25, -0.2) is 0 Å². The molecule has 2 rings (SSSR count). The minimum absolute atomic E-state index is 0.0432. The average molecular weight is 377 g/mol. The van der Waals surface area contributed by atoms with Crippen LogP contribution in [-0.4, -0.2) is 25.1 Å². The molecule has 7 atom stereocenters. The SMILES string of the molecule is C#C[C@]1(O)C([C@H](O[Si](C)(C)C(C)(C)C)[C@H](C)C=C)C2[C@@H](C[C@H]1C)C2(C)C. The molecule has 0 aromatic heterocycles. The summed E-state index contributed by atoms with van der Waals surface area (Å²) in [6.07, 6.45) is 8.83. The van der Waals surface area contributed by atoms with E-state index in [1.54, 1.807) is 0 Å². The molecule has 0 aromatic carbocycles. The predicted octanol–water partition coefficient (Wildman–Crippen LogP) is 5.49. The lowest BCUT2D eigenvalue weighted by atomic mass is 9.65. The maximum atomic E-state index is 11.6. The third kappa shape index (κ3) is 3.23. The van der Waals surface area contributed by atoms with Crippen molar-refractivity contribution in [2.75, 3.05) is 0 Å². The van der Waals surface area contributed by atoms with Crippen LogP contribution in [0.2, 0.25) is 18.1 Å². The van der Waals surface area contributed by atoms with Crippen molar-refractivity contribution in [3.05, 3.63) is 12.7 Å². The highest BCUT2D eigenvalue weighted by molar-refractivity contribution is 6.74. The number of fused-ring (bicyclic) bond motifs is 1. The normalized spacial score (nSPS) is 38.7. The van der Waals surface area contributed by atoms with Crippen LogP contribution in [0.25, 0.3) is 0 Å². The van der Waals surface area contributed by atoms with E-state index in [4.69, 9.17) is 10.8 Å². The van der Waals surface area contributed by atoms with E-state index in [-0.39, 0.29) is 34.3 Å². The van der Waals surface area contributed by atoms with Crippen LogP contribution >= 0.6 is 0 Å². The van der Waals surface area contributed by atoms with E-state index in [0.717, 1.165) is 6.42 Å². The molecule has 1 N–H and O–H groups in total. The summed E-state index contributed by atoms with van der Waals surface area (Å²) < 4.78 is 6.94. The molecule has 2 saturated carbocycles. The van der Waals surface area contributed by atoms with Crippen molar-refractivity contribution in [2.45, 2.75) is 84.7 Å². The second-order valence-corrected chi connectivity index (χ2v) is 15.8. The fourth-order valence-corrected chi connectivity index (χ4v) is 6.36. The van der Waals surface area contributed by atoms with Crippen LogP contribution in [0.4, 0.5) is 0 Å². The Labute approximate surface area is 162 Å². The lowest BCUT2D eigenvalue weighted by Crippen LogP contribution is -2.57. The summed E-state index contributed by atoms with van der Waals surface area (Å²) in [5, 5.41) is 11.7. The quantitative estimate of drug-likeness (QED) is 0.390. The van der Waals surface area contributed by atoms with Crippen molar-refractivity contribution < 1.29 is 9.53 Å². The van der Waals surface area contributed by atoms with Gasteiger partial charge in [-0.1, -0.05) is 60.5 Å². The molecule has 2 aliphatic rings. The summed E-state index contributed by atoms with van der Waals surface area (Å²) in [7, 11) is -2.01. The highest BCUT2D eigenvalue weighted by atomic mass is 28.4. The van der Waals surface area contributed by atoms with Gasteiger partial charge in [-0.2, -0.15) is 0 Å². The van der Waals surface area contributed by atoms with Gasteiger partial charge in [0.05, 0.1) is 6.10 Å². The molecular formula is C23H40O2Si. The van der Waals surface area contributed by atoms with E-state index in [9.17, 15) is 5.11 Å². The van der Waals surface area contributed by atoms with Gasteiger partial charge in [0.2, 0.25) is 0 Å². The zero-order valence-electron chi connectivity index (χ0n) is 18.4. The van der Waals surface area contributed by atoms with Crippen molar-refractivity contribution >= 4 is 8.32 Å².